The van der Waals surface area contributed by atoms with Crippen LogP contribution in [0.2, 0.25) is 0 Å². The number of amidine groups is 1. The molecule has 1 aromatic rings. The third kappa shape index (κ3) is 1.40. The molecule has 0 spiro atoms. The zero-order chi connectivity index (χ0) is 14.6. The van der Waals surface area contributed by atoms with Crippen LogP contribution >= 0.6 is 0 Å². The van der Waals surface area contributed by atoms with Gasteiger partial charge in [0.15, 0.2) is 0 Å². The fraction of sp³-hybridized carbons (Fsp3) is 0.385. The molecule has 20 heavy (non-hydrogen) atoms. The Bertz CT molecular complexity index is 673. The van der Waals surface area contributed by atoms with E-state index in [0.717, 1.165) is 5.69 Å². The summed E-state index contributed by atoms with van der Waals surface area (Å²) in [7, 11) is 3.52. The first-order valence-electron chi connectivity index (χ1n) is 6.33. The van der Waals surface area contributed by atoms with Gasteiger partial charge in [-0.05, 0) is 6.92 Å². The molecular formula is C13H16N5O2+. The van der Waals surface area contributed by atoms with Gasteiger partial charge < -0.3 is 0 Å². The lowest BCUT2D eigenvalue weighted by molar-refractivity contribution is -0.677. The fourth-order valence-corrected chi connectivity index (χ4v) is 2.59. The molecule has 0 radical (unpaired) electrons. The molecule has 3 heterocycles. The molecule has 0 bridgehead atoms. The summed E-state index contributed by atoms with van der Waals surface area (Å²) in [5.74, 6) is 0.892. The number of hydrogen-bond donors (Lipinski definition) is 0. The highest BCUT2D eigenvalue weighted by Gasteiger charge is 2.52. The summed E-state index contributed by atoms with van der Waals surface area (Å²) in [6.45, 7) is 5.74. The second-order valence-corrected chi connectivity index (χ2v) is 4.99. The van der Waals surface area contributed by atoms with Gasteiger partial charge in [-0.1, -0.05) is 11.1 Å². The van der Waals surface area contributed by atoms with E-state index in [4.69, 9.17) is 0 Å². The average molecular weight is 274 g/mol. The number of imidazole rings is 1. The maximum absolute atomic E-state index is 12.6. The minimum atomic E-state index is -0.562. The molecule has 3 amide bonds. The van der Waals surface area contributed by atoms with Crippen LogP contribution in [0.15, 0.2) is 23.8 Å². The van der Waals surface area contributed by atoms with Gasteiger partial charge in [-0.3, -0.25) is 14.6 Å². The van der Waals surface area contributed by atoms with Gasteiger partial charge in [-0.25, -0.2) is 13.9 Å². The van der Waals surface area contributed by atoms with Crippen molar-refractivity contribution in [2.24, 2.45) is 12.0 Å². The number of carbonyl (C=O) groups is 2. The van der Waals surface area contributed by atoms with E-state index in [2.05, 4.69) is 11.6 Å². The molecule has 3 rings (SSSR count). The normalized spacial score (nSPS) is 20.9. The Morgan fingerprint density at radius 3 is 2.80 bits per heavy atom. The number of hydrogen-bond acceptors (Lipinski definition) is 3. The van der Waals surface area contributed by atoms with Crippen LogP contribution in [-0.2, 0) is 11.8 Å². The summed E-state index contributed by atoms with van der Waals surface area (Å²) in [5.41, 5.74) is 1.01. The number of rotatable bonds is 2. The predicted octanol–water partition coefficient (Wildman–Crippen LogP) is 0.286. The molecule has 1 unspecified atom stereocenters. The summed E-state index contributed by atoms with van der Waals surface area (Å²) in [6.07, 6.45) is 3.42. The quantitative estimate of drug-likeness (QED) is 0.574. The van der Waals surface area contributed by atoms with Gasteiger partial charge in [0.25, 0.3) is 5.91 Å². The summed E-state index contributed by atoms with van der Waals surface area (Å²) >= 11 is 0. The molecule has 104 valence electrons. The zero-order valence-electron chi connectivity index (χ0n) is 11.7. The van der Waals surface area contributed by atoms with Crippen molar-refractivity contribution in [2.75, 3.05) is 13.6 Å². The number of amides is 3. The molecular weight excluding hydrogens is 258 g/mol. The van der Waals surface area contributed by atoms with Crippen LogP contribution in [0.5, 0.6) is 0 Å². The van der Waals surface area contributed by atoms with Crippen molar-refractivity contribution in [1.29, 1.82) is 0 Å². The number of aromatic nitrogens is 2. The first-order valence-corrected chi connectivity index (χ1v) is 6.33. The largest absolute Gasteiger partial charge is 0.401 e. The first kappa shape index (κ1) is 12.6. The van der Waals surface area contributed by atoms with Crippen molar-refractivity contribution in [1.82, 2.24) is 14.4 Å². The number of aryl methyl sites for hydroxylation is 1. The lowest BCUT2D eigenvalue weighted by atomic mass is 10.1. The van der Waals surface area contributed by atoms with Gasteiger partial charge in [-0.15, -0.1) is 6.58 Å². The highest BCUT2D eigenvalue weighted by atomic mass is 16.2. The summed E-state index contributed by atoms with van der Waals surface area (Å²) in [5, 5.41) is 0. The van der Waals surface area contributed by atoms with Crippen LogP contribution in [0, 0.1) is 6.92 Å². The number of urea groups is 1. The second kappa shape index (κ2) is 4.03. The number of aliphatic imine (C=N–C) groups is 1. The van der Waals surface area contributed by atoms with E-state index in [9.17, 15) is 9.59 Å². The molecule has 0 saturated carbocycles. The highest BCUT2D eigenvalue weighted by Crippen LogP contribution is 2.28. The molecule has 2 aliphatic rings. The standard InChI is InChI=1S/C13H16N5O2/c1-5-6-17-11(19)9-10(16(4)13(17)20)14-12-15(3)8(2)7-18(9)12/h5,7,9H,1,6H2,2-4H3/q+1. The topological polar surface area (TPSA) is 61.8 Å². The molecule has 1 saturated heterocycles. The zero-order valence-corrected chi connectivity index (χ0v) is 11.7. The van der Waals surface area contributed by atoms with Crippen LogP contribution in [0.4, 0.5) is 10.7 Å². The van der Waals surface area contributed by atoms with E-state index in [-0.39, 0.29) is 18.5 Å². The Balaban J connectivity index is 2.13. The minimum absolute atomic E-state index is 0.202. The lowest BCUT2D eigenvalue weighted by Gasteiger charge is -2.32. The summed E-state index contributed by atoms with van der Waals surface area (Å²) in [6, 6.07) is -0.928. The third-order valence-corrected chi connectivity index (χ3v) is 3.80. The van der Waals surface area contributed by atoms with Gasteiger partial charge in [-0.2, -0.15) is 0 Å². The molecule has 0 aliphatic carbocycles. The van der Waals surface area contributed by atoms with Crippen molar-refractivity contribution in [2.45, 2.75) is 13.0 Å². The van der Waals surface area contributed by atoms with Crippen LogP contribution in [0.1, 0.15) is 11.7 Å². The summed E-state index contributed by atoms with van der Waals surface area (Å²) < 4.78 is 3.71. The molecule has 0 N–H and O–H groups in total. The third-order valence-electron chi connectivity index (χ3n) is 3.80. The molecule has 7 heteroatoms. The van der Waals surface area contributed by atoms with Gasteiger partial charge in [0.1, 0.15) is 11.9 Å². The van der Waals surface area contributed by atoms with Crippen LogP contribution in [0.25, 0.3) is 0 Å². The van der Waals surface area contributed by atoms with E-state index >= 15 is 0 Å². The van der Waals surface area contributed by atoms with E-state index in [0.29, 0.717) is 11.8 Å². The number of likely N-dealkylation sites (N-methyl/N-ethyl adjacent to an activating group) is 1. The molecule has 2 aliphatic heterocycles. The highest BCUT2D eigenvalue weighted by molar-refractivity contribution is 6.19. The smallest absolute Gasteiger partial charge is 0.270 e. The Labute approximate surface area is 116 Å². The lowest BCUT2D eigenvalue weighted by Crippen LogP contribution is -2.62. The Morgan fingerprint density at radius 2 is 2.15 bits per heavy atom. The van der Waals surface area contributed by atoms with E-state index in [1.54, 1.807) is 13.1 Å². The predicted molar refractivity (Wildman–Crippen MR) is 71.5 cm³/mol. The maximum atomic E-state index is 12.6. The van der Waals surface area contributed by atoms with Gasteiger partial charge >= 0.3 is 12.0 Å². The van der Waals surface area contributed by atoms with Crippen molar-refractivity contribution in [3.63, 3.8) is 0 Å². The van der Waals surface area contributed by atoms with E-state index < -0.39 is 6.04 Å². The number of nitrogens with zero attached hydrogens (tertiary/aromatic N) is 5. The number of fused-ring (bicyclic) bond motifs is 3. The fourth-order valence-electron chi connectivity index (χ4n) is 2.59. The first-order chi connectivity index (χ1) is 9.47. The van der Waals surface area contributed by atoms with Crippen molar-refractivity contribution >= 4 is 23.7 Å². The molecule has 1 aromatic heterocycles. The van der Waals surface area contributed by atoms with E-state index in [1.807, 2.05) is 29.3 Å². The van der Waals surface area contributed by atoms with Crippen LogP contribution in [-0.4, -0.2) is 45.7 Å². The van der Waals surface area contributed by atoms with Gasteiger partial charge in [0, 0.05) is 13.6 Å². The van der Waals surface area contributed by atoms with Crippen LogP contribution in [0.3, 0.4) is 0 Å². The van der Waals surface area contributed by atoms with Crippen molar-refractivity contribution in [3.8, 4) is 0 Å². The SMILES string of the molecule is C=CCN1C(=O)C2C(=Nc3n(C)c(C)c[n+]32)N(C)C1=O. The molecule has 7 nitrogen and oxygen atoms in total. The maximum Gasteiger partial charge on any atom is 0.401 e. The van der Waals surface area contributed by atoms with Crippen molar-refractivity contribution in [3.05, 3.63) is 24.5 Å². The molecule has 1 fully saturated rings. The van der Waals surface area contributed by atoms with Crippen molar-refractivity contribution < 1.29 is 14.2 Å². The average Bonchev–Trinajstić information content (AvgIpc) is 2.91. The second-order valence-electron chi connectivity index (χ2n) is 4.99. The molecule has 1 atom stereocenters. The minimum Gasteiger partial charge on any atom is -0.270 e. The Kier molecular flexibility index (Phi) is 2.53. The molecule has 0 aromatic carbocycles. The van der Waals surface area contributed by atoms with Gasteiger partial charge in [0.05, 0.1) is 7.05 Å². The summed E-state index contributed by atoms with van der Waals surface area (Å²) in [4.78, 5) is 31.8. The monoisotopic (exact) mass is 274 g/mol. The van der Waals surface area contributed by atoms with E-state index in [1.165, 1.54) is 9.80 Å². The van der Waals surface area contributed by atoms with Crippen LogP contribution < -0.4 is 4.57 Å². The number of carbonyl (C=O) groups excluding carboxylic acids is 2. The Morgan fingerprint density at radius 1 is 1.45 bits per heavy atom. The number of imide groups is 1. The van der Waals surface area contributed by atoms with Gasteiger partial charge in [0.2, 0.25) is 11.9 Å². The Hall–Kier alpha value is -2.44.